The maximum atomic E-state index is 12.1. The lowest BCUT2D eigenvalue weighted by atomic mass is 9.77. The Bertz CT molecular complexity index is 409. The summed E-state index contributed by atoms with van der Waals surface area (Å²) in [5.74, 6) is -0.186. The molecule has 0 aliphatic rings. The van der Waals surface area contributed by atoms with Gasteiger partial charge in [0.25, 0.3) is 0 Å². The molecule has 1 unspecified atom stereocenters. The molecular weight excluding hydrogens is 212 g/mol. The van der Waals surface area contributed by atoms with Crippen LogP contribution < -0.4 is 0 Å². The van der Waals surface area contributed by atoms with E-state index in [-0.39, 0.29) is 5.97 Å². The van der Waals surface area contributed by atoms with Crippen molar-refractivity contribution in [2.24, 2.45) is 0 Å². The molecule has 0 aromatic heterocycles. The van der Waals surface area contributed by atoms with E-state index in [1.165, 1.54) is 0 Å². The van der Waals surface area contributed by atoms with Crippen LogP contribution in [0.2, 0.25) is 0 Å². The first-order valence-electron chi connectivity index (χ1n) is 5.90. The van der Waals surface area contributed by atoms with Crippen LogP contribution >= 0.6 is 0 Å². The van der Waals surface area contributed by atoms with Crippen molar-refractivity contribution in [2.45, 2.75) is 32.6 Å². The van der Waals surface area contributed by atoms with Crippen molar-refractivity contribution < 1.29 is 9.53 Å². The maximum Gasteiger partial charge on any atom is 0.316 e. The lowest BCUT2D eigenvalue weighted by molar-refractivity contribution is -0.149. The average molecular weight is 232 g/mol. The van der Waals surface area contributed by atoms with E-state index >= 15 is 0 Å². The molecule has 0 bridgehead atoms. The third-order valence-electron chi connectivity index (χ3n) is 3.02. The summed E-state index contributed by atoms with van der Waals surface area (Å²) in [6, 6.07) is 7.91. The summed E-state index contributed by atoms with van der Waals surface area (Å²) in [7, 11) is 0. The minimum atomic E-state index is -0.636. The normalized spacial score (nSPS) is 13.8. The van der Waals surface area contributed by atoms with Crippen LogP contribution in [-0.2, 0) is 14.9 Å². The van der Waals surface area contributed by atoms with Crippen LogP contribution in [-0.4, -0.2) is 12.6 Å². The highest BCUT2D eigenvalue weighted by molar-refractivity contribution is 5.83. The fourth-order valence-corrected chi connectivity index (χ4v) is 2.07. The Morgan fingerprint density at radius 3 is 2.65 bits per heavy atom. The molecule has 2 heteroatoms. The van der Waals surface area contributed by atoms with Gasteiger partial charge in [-0.2, -0.15) is 0 Å². The van der Waals surface area contributed by atoms with Gasteiger partial charge in [-0.3, -0.25) is 4.79 Å². The van der Waals surface area contributed by atoms with Crippen molar-refractivity contribution in [3.63, 3.8) is 0 Å². The van der Waals surface area contributed by atoms with Crippen molar-refractivity contribution in [2.75, 3.05) is 6.61 Å². The molecule has 0 heterocycles. The highest BCUT2D eigenvalue weighted by atomic mass is 16.5. The summed E-state index contributed by atoms with van der Waals surface area (Å²) in [5.41, 5.74) is 1.48. The smallest absolute Gasteiger partial charge is 0.316 e. The average Bonchev–Trinajstić information content (AvgIpc) is 2.30. The van der Waals surface area contributed by atoms with Gasteiger partial charge < -0.3 is 4.74 Å². The molecule has 17 heavy (non-hydrogen) atoms. The van der Waals surface area contributed by atoms with Crippen LogP contribution in [0, 0.1) is 6.92 Å². The van der Waals surface area contributed by atoms with E-state index in [1.54, 1.807) is 6.08 Å². The quantitative estimate of drug-likeness (QED) is 0.574. The Morgan fingerprint density at radius 1 is 1.47 bits per heavy atom. The van der Waals surface area contributed by atoms with E-state index in [0.29, 0.717) is 13.0 Å². The summed E-state index contributed by atoms with van der Waals surface area (Å²) in [5, 5.41) is 0. The summed E-state index contributed by atoms with van der Waals surface area (Å²) >= 11 is 0. The molecule has 0 spiro atoms. The zero-order chi connectivity index (χ0) is 12.9. The number of carbonyl (C=O) groups excluding carboxylic acids is 1. The first kappa shape index (κ1) is 13.5. The molecule has 0 amide bonds. The van der Waals surface area contributed by atoms with E-state index in [2.05, 4.69) is 6.58 Å². The Morgan fingerprint density at radius 2 is 2.12 bits per heavy atom. The van der Waals surface area contributed by atoms with Gasteiger partial charge in [0, 0.05) is 0 Å². The number of benzene rings is 1. The SMILES string of the molecule is C=CCC(C)(C(=O)OCC)c1ccccc1C. The van der Waals surface area contributed by atoms with E-state index in [1.807, 2.05) is 45.0 Å². The molecule has 2 nitrogen and oxygen atoms in total. The number of rotatable bonds is 5. The zero-order valence-electron chi connectivity index (χ0n) is 10.8. The Hall–Kier alpha value is -1.57. The van der Waals surface area contributed by atoms with Gasteiger partial charge in [-0.15, -0.1) is 6.58 Å². The van der Waals surface area contributed by atoms with Crippen LogP contribution in [0.4, 0.5) is 0 Å². The topological polar surface area (TPSA) is 26.3 Å². The standard InChI is InChI=1S/C15H20O2/c1-5-11-15(4,14(16)17-6-2)13-10-8-7-9-12(13)3/h5,7-10H,1,6,11H2,2-4H3. The maximum absolute atomic E-state index is 12.1. The van der Waals surface area contributed by atoms with E-state index in [9.17, 15) is 4.79 Å². The monoisotopic (exact) mass is 232 g/mol. The molecule has 92 valence electrons. The third kappa shape index (κ3) is 2.76. The summed E-state index contributed by atoms with van der Waals surface area (Å²) in [6.45, 7) is 9.88. The Kier molecular flexibility index (Phi) is 4.50. The molecule has 0 saturated carbocycles. The molecule has 0 radical (unpaired) electrons. The van der Waals surface area contributed by atoms with Gasteiger partial charge in [-0.1, -0.05) is 30.3 Å². The molecule has 1 atom stereocenters. The van der Waals surface area contributed by atoms with E-state index in [0.717, 1.165) is 11.1 Å². The Balaban J connectivity index is 3.20. The lowest BCUT2D eigenvalue weighted by Crippen LogP contribution is -2.34. The molecule has 0 N–H and O–H groups in total. The number of hydrogen-bond acceptors (Lipinski definition) is 2. The third-order valence-corrected chi connectivity index (χ3v) is 3.02. The van der Waals surface area contributed by atoms with E-state index in [4.69, 9.17) is 4.74 Å². The van der Waals surface area contributed by atoms with Crippen molar-refractivity contribution in [1.29, 1.82) is 0 Å². The molecular formula is C15H20O2. The second-order valence-corrected chi connectivity index (χ2v) is 4.36. The van der Waals surface area contributed by atoms with Gasteiger partial charge in [0.15, 0.2) is 0 Å². The fourth-order valence-electron chi connectivity index (χ4n) is 2.07. The number of hydrogen-bond donors (Lipinski definition) is 0. The van der Waals surface area contributed by atoms with Gasteiger partial charge in [-0.25, -0.2) is 0 Å². The zero-order valence-corrected chi connectivity index (χ0v) is 10.8. The van der Waals surface area contributed by atoms with Crippen LogP contribution in [0.3, 0.4) is 0 Å². The van der Waals surface area contributed by atoms with Crippen LogP contribution in [0.1, 0.15) is 31.4 Å². The van der Waals surface area contributed by atoms with Crippen molar-refractivity contribution >= 4 is 5.97 Å². The minimum Gasteiger partial charge on any atom is -0.465 e. The highest BCUT2D eigenvalue weighted by Gasteiger charge is 2.36. The fraction of sp³-hybridized carbons (Fsp3) is 0.400. The second-order valence-electron chi connectivity index (χ2n) is 4.36. The number of allylic oxidation sites excluding steroid dienone is 1. The molecule has 0 aliphatic heterocycles. The largest absolute Gasteiger partial charge is 0.465 e. The minimum absolute atomic E-state index is 0.186. The predicted molar refractivity (Wildman–Crippen MR) is 70.0 cm³/mol. The second kappa shape index (κ2) is 5.67. The number of ether oxygens (including phenoxy) is 1. The highest BCUT2D eigenvalue weighted by Crippen LogP contribution is 2.31. The molecule has 0 aliphatic carbocycles. The van der Waals surface area contributed by atoms with Crippen molar-refractivity contribution in [1.82, 2.24) is 0 Å². The first-order valence-corrected chi connectivity index (χ1v) is 5.90. The first-order chi connectivity index (χ1) is 8.06. The van der Waals surface area contributed by atoms with Crippen LogP contribution in [0.25, 0.3) is 0 Å². The lowest BCUT2D eigenvalue weighted by Gasteiger charge is -2.28. The number of carbonyl (C=O) groups is 1. The summed E-state index contributed by atoms with van der Waals surface area (Å²) in [6.07, 6.45) is 2.35. The van der Waals surface area contributed by atoms with Gasteiger partial charge in [-0.05, 0) is 38.3 Å². The predicted octanol–water partition coefficient (Wildman–Crippen LogP) is 3.39. The van der Waals surface area contributed by atoms with Gasteiger partial charge in [0.1, 0.15) is 0 Å². The molecule has 0 fully saturated rings. The van der Waals surface area contributed by atoms with Crippen molar-refractivity contribution in [3.8, 4) is 0 Å². The number of aryl methyl sites for hydroxylation is 1. The van der Waals surface area contributed by atoms with Crippen LogP contribution in [0.15, 0.2) is 36.9 Å². The molecule has 1 aromatic carbocycles. The van der Waals surface area contributed by atoms with Crippen LogP contribution in [0.5, 0.6) is 0 Å². The number of esters is 1. The molecule has 0 saturated heterocycles. The summed E-state index contributed by atoms with van der Waals surface area (Å²) in [4.78, 5) is 12.1. The summed E-state index contributed by atoms with van der Waals surface area (Å²) < 4.78 is 5.18. The van der Waals surface area contributed by atoms with Gasteiger partial charge in [0.2, 0.25) is 0 Å². The Labute approximate surface area is 103 Å². The van der Waals surface area contributed by atoms with Crippen molar-refractivity contribution in [3.05, 3.63) is 48.0 Å². The van der Waals surface area contributed by atoms with E-state index < -0.39 is 5.41 Å². The molecule has 1 rings (SSSR count). The van der Waals surface area contributed by atoms with Gasteiger partial charge >= 0.3 is 5.97 Å². The van der Waals surface area contributed by atoms with Gasteiger partial charge in [0.05, 0.1) is 12.0 Å². The molecule has 1 aromatic rings.